The number of rotatable bonds is 4. The fourth-order valence-corrected chi connectivity index (χ4v) is 3.37. The molecule has 0 atom stereocenters. The molecule has 1 amide bonds. The van der Waals surface area contributed by atoms with E-state index in [9.17, 15) is 4.79 Å². The van der Waals surface area contributed by atoms with Gasteiger partial charge in [-0.15, -0.1) is 0 Å². The van der Waals surface area contributed by atoms with Gasteiger partial charge in [-0.1, -0.05) is 11.6 Å². The lowest BCUT2D eigenvalue weighted by molar-refractivity contribution is 0.0879. The number of ether oxygens (including phenoxy) is 2. The lowest BCUT2D eigenvalue weighted by Crippen LogP contribution is -2.40. The first kappa shape index (κ1) is 17.1. The van der Waals surface area contributed by atoms with Crippen LogP contribution in [0.2, 0.25) is 5.02 Å². The van der Waals surface area contributed by atoms with Crippen LogP contribution in [0.5, 0.6) is 11.9 Å². The Morgan fingerprint density at radius 3 is 2.77 bits per heavy atom. The number of halogens is 1. The highest BCUT2D eigenvalue weighted by molar-refractivity contribution is 6.30. The lowest BCUT2D eigenvalue weighted by Gasteiger charge is -2.28. The largest absolute Gasteiger partial charge is 0.478 e. The summed E-state index contributed by atoms with van der Waals surface area (Å²) in [5, 5.41) is 7.86. The van der Waals surface area contributed by atoms with Crippen molar-refractivity contribution in [2.75, 3.05) is 6.61 Å². The second kappa shape index (κ2) is 7.49. The predicted molar refractivity (Wildman–Crippen MR) is 93.5 cm³/mol. The van der Waals surface area contributed by atoms with Gasteiger partial charge in [0.15, 0.2) is 5.69 Å². The standard InChI is InChI=1S/C17H20ClN5O3/c18-11-9-19-17(20-10-11)26-13-4-2-12(3-5-13)21-16(24)14-8-15-23(22-14)6-1-7-25-15/h8-10,12-13H,1-7H2,(H,21,24). The van der Waals surface area contributed by atoms with Crippen LogP contribution in [0.3, 0.4) is 0 Å². The SMILES string of the molecule is O=C(NC1CCC(Oc2ncc(Cl)cn2)CC1)c1cc2n(n1)CCCO2. The summed E-state index contributed by atoms with van der Waals surface area (Å²) in [6, 6.07) is 2.17. The van der Waals surface area contributed by atoms with Crippen LogP contribution < -0.4 is 14.8 Å². The summed E-state index contributed by atoms with van der Waals surface area (Å²) < 4.78 is 13.0. The van der Waals surface area contributed by atoms with Crippen LogP contribution in [0.1, 0.15) is 42.6 Å². The van der Waals surface area contributed by atoms with Gasteiger partial charge in [0.25, 0.3) is 5.91 Å². The number of nitrogens with zero attached hydrogens (tertiary/aromatic N) is 4. The maximum absolute atomic E-state index is 12.4. The van der Waals surface area contributed by atoms with Crippen molar-refractivity contribution in [1.29, 1.82) is 0 Å². The molecule has 138 valence electrons. The average Bonchev–Trinajstić information content (AvgIpc) is 3.10. The van der Waals surface area contributed by atoms with E-state index in [-0.39, 0.29) is 18.1 Å². The topological polar surface area (TPSA) is 91.2 Å². The van der Waals surface area contributed by atoms with E-state index in [1.54, 1.807) is 10.7 Å². The Kier molecular flexibility index (Phi) is 4.92. The molecule has 0 saturated heterocycles. The van der Waals surface area contributed by atoms with Crippen molar-refractivity contribution in [3.63, 3.8) is 0 Å². The minimum absolute atomic E-state index is 0.0534. The molecule has 8 nitrogen and oxygen atoms in total. The minimum atomic E-state index is -0.152. The maximum Gasteiger partial charge on any atom is 0.316 e. The highest BCUT2D eigenvalue weighted by atomic mass is 35.5. The summed E-state index contributed by atoms with van der Waals surface area (Å²) in [7, 11) is 0. The molecule has 4 rings (SSSR count). The quantitative estimate of drug-likeness (QED) is 0.878. The number of carbonyl (C=O) groups is 1. The summed E-state index contributed by atoms with van der Waals surface area (Å²) in [6.07, 6.45) is 7.35. The van der Waals surface area contributed by atoms with Gasteiger partial charge in [0.2, 0.25) is 5.88 Å². The van der Waals surface area contributed by atoms with E-state index in [1.807, 2.05) is 0 Å². The van der Waals surface area contributed by atoms with E-state index < -0.39 is 0 Å². The van der Waals surface area contributed by atoms with Gasteiger partial charge < -0.3 is 14.8 Å². The number of fused-ring (bicyclic) bond motifs is 1. The first-order valence-corrected chi connectivity index (χ1v) is 9.21. The Bertz CT molecular complexity index is 748. The number of amides is 1. The van der Waals surface area contributed by atoms with Gasteiger partial charge >= 0.3 is 6.01 Å². The zero-order valence-electron chi connectivity index (χ0n) is 14.2. The van der Waals surface area contributed by atoms with Gasteiger partial charge in [0, 0.05) is 25.1 Å². The number of nitrogens with one attached hydrogen (secondary N) is 1. The van der Waals surface area contributed by atoms with Crippen molar-refractivity contribution in [3.8, 4) is 11.9 Å². The molecule has 26 heavy (non-hydrogen) atoms. The zero-order chi connectivity index (χ0) is 17.9. The van der Waals surface area contributed by atoms with Crippen LogP contribution >= 0.6 is 11.6 Å². The molecule has 1 saturated carbocycles. The molecule has 1 aliphatic carbocycles. The molecular weight excluding hydrogens is 358 g/mol. The van der Waals surface area contributed by atoms with Gasteiger partial charge in [0.1, 0.15) is 6.10 Å². The van der Waals surface area contributed by atoms with Crippen LogP contribution in [0, 0.1) is 0 Å². The van der Waals surface area contributed by atoms with E-state index in [2.05, 4.69) is 20.4 Å². The number of hydrogen-bond donors (Lipinski definition) is 1. The van der Waals surface area contributed by atoms with Crippen LogP contribution in [-0.4, -0.2) is 44.4 Å². The molecule has 0 spiro atoms. The second-order valence-corrected chi connectivity index (χ2v) is 6.98. The third-order valence-corrected chi connectivity index (χ3v) is 4.81. The summed E-state index contributed by atoms with van der Waals surface area (Å²) in [6.45, 7) is 1.46. The molecule has 9 heteroatoms. The summed E-state index contributed by atoms with van der Waals surface area (Å²) in [5.41, 5.74) is 0.412. The van der Waals surface area contributed by atoms with Crippen molar-refractivity contribution in [2.45, 2.75) is 50.8 Å². The monoisotopic (exact) mass is 377 g/mol. The smallest absolute Gasteiger partial charge is 0.316 e. The zero-order valence-corrected chi connectivity index (χ0v) is 15.0. The molecule has 1 fully saturated rings. The molecule has 0 aromatic carbocycles. The van der Waals surface area contributed by atoms with Gasteiger partial charge in [-0.2, -0.15) is 5.10 Å². The van der Waals surface area contributed by atoms with Crippen molar-refractivity contribution in [3.05, 3.63) is 29.2 Å². The molecule has 2 aromatic rings. The number of hydrogen-bond acceptors (Lipinski definition) is 6. The van der Waals surface area contributed by atoms with E-state index in [0.717, 1.165) is 38.6 Å². The minimum Gasteiger partial charge on any atom is -0.478 e. The molecule has 0 unspecified atom stereocenters. The van der Waals surface area contributed by atoms with Crippen molar-refractivity contribution >= 4 is 17.5 Å². The fraction of sp³-hybridized carbons (Fsp3) is 0.529. The molecule has 1 N–H and O–H groups in total. The number of carbonyl (C=O) groups excluding carboxylic acids is 1. The highest BCUT2D eigenvalue weighted by Crippen LogP contribution is 2.23. The number of aryl methyl sites for hydroxylation is 1. The summed E-state index contributed by atoms with van der Waals surface area (Å²) >= 11 is 5.77. The first-order chi connectivity index (χ1) is 12.7. The third-order valence-electron chi connectivity index (χ3n) is 4.62. The molecule has 3 heterocycles. The molecule has 2 aliphatic rings. The van der Waals surface area contributed by atoms with Crippen LogP contribution in [0.25, 0.3) is 0 Å². The van der Waals surface area contributed by atoms with Crippen molar-refractivity contribution in [1.82, 2.24) is 25.1 Å². The summed E-state index contributed by atoms with van der Waals surface area (Å²) in [5.74, 6) is 0.516. The van der Waals surface area contributed by atoms with Crippen molar-refractivity contribution < 1.29 is 14.3 Å². The van der Waals surface area contributed by atoms with Crippen LogP contribution in [0.4, 0.5) is 0 Å². The predicted octanol–water partition coefficient (Wildman–Crippen LogP) is 2.23. The molecule has 0 radical (unpaired) electrons. The van der Waals surface area contributed by atoms with Gasteiger partial charge in [-0.3, -0.25) is 4.79 Å². The molecule has 1 aliphatic heterocycles. The van der Waals surface area contributed by atoms with Gasteiger partial charge in [-0.25, -0.2) is 14.6 Å². The van der Waals surface area contributed by atoms with Crippen molar-refractivity contribution in [2.24, 2.45) is 0 Å². The first-order valence-electron chi connectivity index (χ1n) is 8.83. The Balaban J connectivity index is 1.27. The van der Waals surface area contributed by atoms with E-state index in [4.69, 9.17) is 21.1 Å². The lowest BCUT2D eigenvalue weighted by atomic mass is 9.93. The van der Waals surface area contributed by atoms with Crippen LogP contribution in [0.15, 0.2) is 18.5 Å². The molecule has 2 aromatic heterocycles. The highest BCUT2D eigenvalue weighted by Gasteiger charge is 2.26. The molecule has 0 bridgehead atoms. The van der Waals surface area contributed by atoms with Gasteiger partial charge in [0.05, 0.1) is 24.0 Å². The van der Waals surface area contributed by atoms with E-state index in [0.29, 0.717) is 29.2 Å². The Morgan fingerprint density at radius 2 is 2.04 bits per heavy atom. The molecular formula is C17H20ClN5O3. The fourth-order valence-electron chi connectivity index (χ4n) is 3.27. The van der Waals surface area contributed by atoms with Crippen LogP contribution in [-0.2, 0) is 6.54 Å². The number of aromatic nitrogens is 4. The summed E-state index contributed by atoms with van der Waals surface area (Å²) in [4.78, 5) is 20.5. The maximum atomic E-state index is 12.4. The van der Waals surface area contributed by atoms with Gasteiger partial charge in [-0.05, 0) is 25.7 Å². The van der Waals surface area contributed by atoms with E-state index >= 15 is 0 Å². The van der Waals surface area contributed by atoms with E-state index in [1.165, 1.54) is 12.4 Å². The second-order valence-electron chi connectivity index (χ2n) is 6.54. The Hall–Kier alpha value is -2.35. The normalized spacial score (nSPS) is 22.2. The Labute approximate surface area is 155 Å². The third kappa shape index (κ3) is 3.90. The Morgan fingerprint density at radius 1 is 1.27 bits per heavy atom. The average molecular weight is 378 g/mol.